The first-order valence-corrected chi connectivity index (χ1v) is 9.48. The van der Waals surface area contributed by atoms with Gasteiger partial charge in [-0.25, -0.2) is 4.68 Å². The second-order valence-corrected chi connectivity index (χ2v) is 6.93. The molecule has 0 unspecified atom stereocenters. The van der Waals surface area contributed by atoms with Gasteiger partial charge in [-0.1, -0.05) is 6.92 Å². The van der Waals surface area contributed by atoms with Crippen LogP contribution in [0.4, 0.5) is 17.5 Å². The van der Waals surface area contributed by atoms with Gasteiger partial charge in [-0.05, 0) is 32.7 Å². The summed E-state index contributed by atoms with van der Waals surface area (Å²) >= 11 is 0. The zero-order valence-corrected chi connectivity index (χ0v) is 15.8. The zero-order valence-electron chi connectivity index (χ0n) is 15.8. The first-order valence-electron chi connectivity index (χ1n) is 9.48. The molecule has 1 fully saturated rings. The Balaban J connectivity index is 1.63. The lowest BCUT2D eigenvalue weighted by molar-refractivity contribution is 0.183. The van der Waals surface area contributed by atoms with Crippen LogP contribution in [0.2, 0.25) is 0 Å². The maximum atomic E-state index is 6.18. The van der Waals surface area contributed by atoms with Crippen LogP contribution in [0, 0.1) is 6.42 Å². The monoisotopic (exact) mass is 368 g/mol. The fourth-order valence-electron chi connectivity index (χ4n) is 3.66. The molecule has 1 aliphatic heterocycles. The molecular weight excluding hydrogens is 342 g/mol. The SMILES string of the molecule is C[CH]CN1CCC[C@@H](n2ncc3c(N)nc(Nc4cnn(CC)c4)nc32)C1. The molecule has 0 aromatic carbocycles. The minimum atomic E-state index is 0.293. The summed E-state index contributed by atoms with van der Waals surface area (Å²) in [6.45, 7) is 8.05. The zero-order chi connectivity index (χ0) is 18.8. The van der Waals surface area contributed by atoms with Gasteiger partial charge < -0.3 is 16.0 Å². The Hall–Kier alpha value is -2.68. The molecule has 4 heterocycles. The van der Waals surface area contributed by atoms with Gasteiger partial charge in [-0.15, -0.1) is 0 Å². The second-order valence-electron chi connectivity index (χ2n) is 6.93. The Bertz CT molecular complexity index is 911. The highest BCUT2D eigenvalue weighted by Gasteiger charge is 2.24. The molecular formula is C18H26N9. The number of nitrogens with one attached hydrogen (secondary N) is 1. The first-order chi connectivity index (χ1) is 13.2. The Morgan fingerprint density at radius 3 is 2.96 bits per heavy atom. The number of rotatable bonds is 6. The molecule has 0 aliphatic carbocycles. The largest absolute Gasteiger partial charge is 0.383 e. The summed E-state index contributed by atoms with van der Waals surface area (Å²) in [5.41, 5.74) is 7.79. The number of piperidine rings is 1. The number of hydrogen-bond donors (Lipinski definition) is 2. The number of nitrogens with two attached hydrogens (primary N) is 1. The number of nitrogen functional groups attached to an aromatic ring is 1. The van der Waals surface area contributed by atoms with Gasteiger partial charge >= 0.3 is 0 Å². The van der Waals surface area contributed by atoms with Crippen LogP contribution < -0.4 is 11.1 Å². The van der Waals surface area contributed by atoms with Crippen molar-refractivity contribution in [2.45, 2.75) is 39.3 Å². The van der Waals surface area contributed by atoms with Crippen LogP contribution in [0.25, 0.3) is 11.0 Å². The Morgan fingerprint density at radius 2 is 2.19 bits per heavy atom. The molecule has 3 N–H and O–H groups in total. The number of anilines is 3. The predicted molar refractivity (Wildman–Crippen MR) is 106 cm³/mol. The van der Waals surface area contributed by atoms with Crippen molar-refractivity contribution in [1.82, 2.24) is 34.4 Å². The van der Waals surface area contributed by atoms with E-state index in [2.05, 4.69) is 38.7 Å². The number of fused-ring (bicyclic) bond motifs is 1. The van der Waals surface area contributed by atoms with Gasteiger partial charge in [0, 0.05) is 25.8 Å². The Labute approximate surface area is 158 Å². The third kappa shape index (κ3) is 3.59. The molecule has 1 aliphatic rings. The smallest absolute Gasteiger partial charge is 0.231 e. The van der Waals surface area contributed by atoms with E-state index in [1.54, 1.807) is 12.4 Å². The highest BCUT2D eigenvalue weighted by Crippen LogP contribution is 2.27. The van der Waals surface area contributed by atoms with Crippen molar-refractivity contribution in [2.24, 2.45) is 0 Å². The molecule has 3 aromatic heterocycles. The summed E-state index contributed by atoms with van der Waals surface area (Å²) < 4.78 is 3.85. The number of hydrogen-bond acceptors (Lipinski definition) is 7. The molecule has 9 heteroatoms. The normalized spacial score (nSPS) is 18.2. The summed E-state index contributed by atoms with van der Waals surface area (Å²) in [4.78, 5) is 11.5. The molecule has 3 aromatic rings. The summed E-state index contributed by atoms with van der Waals surface area (Å²) in [5.74, 6) is 0.901. The molecule has 4 rings (SSSR count). The minimum absolute atomic E-state index is 0.293. The maximum absolute atomic E-state index is 6.18. The first kappa shape index (κ1) is 17.7. The molecule has 0 amide bonds. The van der Waals surface area contributed by atoms with Crippen molar-refractivity contribution in [3.63, 3.8) is 0 Å². The summed E-state index contributed by atoms with van der Waals surface area (Å²) in [6.07, 6.45) is 9.89. The average Bonchev–Trinajstić information content (AvgIpc) is 3.29. The van der Waals surface area contributed by atoms with Crippen molar-refractivity contribution >= 4 is 28.5 Å². The van der Waals surface area contributed by atoms with E-state index < -0.39 is 0 Å². The van der Waals surface area contributed by atoms with Crippen LogP contribution in [-0.2, 0) is 6.54 Å². The van der Waals surface area contributed by atoms with Gasteiger partial charge in [0.05, 0.1) is 29.5 Å². The van der Waals surface area contributed by atoms with E-state index in [0.717, 1.165) is 55.7 Å². The molecule has 1 radical (unpaired) electrons. The molecule has 143 valence electrons. The van der Waals surface area contributed by atoms with E-state index in [9.17, 15) is 0 Å². The van der Waals surface area contributed by atoms with E-state index in [4.69, 9.17) is 10.7 Å². The Morgan fingerprint density at radius 1 is 1.30 bits per heavy atom. The maximum Gasteiger partial charge on any atom is 0.231 e. The third-order valence-corrected chi connectivity index (χ3v) is 4.96. The van der Waals surface area contributed by atoms with Gasteiger partial charge in [0.25, 0.3) is 0 Å². The molecule has 0 spiro atoms. The van der Waals surface area contributed by atoms with Crippen molar-refractivity contribution in [3.05, 3.63) is 25.0 Å². The van der Waals surface area contributed by atoms with E-state index in [0.29, 0.717) is 17.8 Å². The topological polar surface area (TPSA) is 103 Å². The van der Waals surface area contributed by atoms with E-state index in [1.165, 1.54) is 0 Å². The quantitative estimate of drug-likeness (QED) is 0.688. The second kappa shape index (κ2) is 7.51. The summed E-state index contributed by atoms with van der Waals surface area (Å²) in [7, 11) is 0. The number of nitrogens with zero attached hydrogens (tertiary/aromatic N) is 7. The lowest BCUT2D eigenvalue weighted by Crippen LogP contribution is -2.37. The predicted octanol–water partition coefficient (Wildman–Crippen LogP) is 2.23. The van der Waals surface area contributed by atoms with Crippen molar-refractivity contribution < 1.29 is 0 Å². The number of aryl methyl sites for hydroxylation is 1. The highest BCUT2D eigenvalue weighted by atomic mass is 15.4. The van der Waals surface area contributed by atoms with Gasteiger partial charge in [0.15, 0.2) is 5.65 Å². The van der Waals surface area contributed by atoms with Gasteiger partial charge in [0.2, 0.25) is 5.95 Å². The molecule has 1 saturated heterocycles. The van der Waals surface area contributed by atoms with Crippen LogP contribution >= 0.6 is 0 Å². The van der Waals surface area contributed by atoms with Crippen LogP contribution in [0.3, 0.4) is 0 Å². The van der Waals surface area contributed by atoms with Crippen molar-refractivity contribution in [1.29, 1.82) is 0 Å². The Kier molecular flexibility index (Phi) is 4.93. The molecule has 9 nitrogen and oxygen atoms in total. The van der Waals surface area contributed by atoms with E-state index in [1.807, 2.05) is 22.5 Å². The fourth-order valence-corrected chi connectivity index (χ4v) is 3.66. The van der Waals surface area contributed by atoms with Gasteiger partial charge in [0.1, 0.15) is 5.82 Å². The number of likely N-dealkylation sites (tertiary alicyclic amines) is 1. The third-order valence-electron chi connectivity index (χ3n) is 4.96. The lowest BCUT2D eigenvalue weighted by Gasteiger charge is -2.32. The van der Waals surface area contributed by atoms with Gasteiger partial charge in [-0.2, -0.15) is 20.2 Å². The fraction of sp³-hybridized carbons (Fsp3) is 0.500. The van der Waals surface area contributed by atoms with Gasteiger partial charge in [-0.3, -0.25) is 4.68 Å². The van der Waals surface area contributed by atoms with Crippen LogP contribution in [0.5, 0.6) is 0 Å². The molecule has 0 bridgehead atoms. The van der Waals surface area contributed by atoms with Crippen molar-refractivity contribution in [3.8, 4) is 0 Å². The van der Waals surface area contributed by atoms with E-state index in [-0.39, 0.29) is 0 Å². The van der Waals surface area contributed by atoms with Crippen LogP contribution in [0.15, 0.2) is 18.6 Å². The van der Waals surface area contributed by atoms with Crippen LogP contribution in [0.1, 0.15) is 32.7 Å². The summed E-state index contributed by atoms with van der Waals surface area (Å²) in [5, 5.41) is 12.9. The standard InChI is InChI=1S/C18H26N9/c1-3-7-25-8-5-6-14(12-25)27-17-15(10-21-27)16(19)23-18(24-17)22-13-9-20-26(4-2)11-13/h3,9-11,14H,4-8,12H2,1-2H3,(H3,19,22,23,24)/t14-/m1/s1. The molecule has 1 atom stereocenters. The highest BCUT2D eigenvalue weighted by molar-refractivity contribution is 5.86. The van der Waals surface area contributed by atoms with E-state index >= 15 is 0 Å². The summed E-state index contributed by atoms with van der Waals surface area (Å²) in [6, 6.07) is 0.293. The lowest BCUT2D eigenvalue weighted by atomic mass is 10.1. The average molecular weight is 368 g/mol. The molecule has 27 heavy (non-hydrogen) atoms. The van der Waals surface area contributed by atoms with Crippen molar-refractivity contribution in [2.75, 3.05) is 30.7 Å². The minimum Gasteiger partial charge on any atom is -0.383 e. The number of aromatic nitrogens is 6. The van der Waals surface area contributed by atoms with Crippen LogP contribution in [-0.4, -0.2) is 54.1 Å². The molecule has 0 saturated carbocycles.